The Morgan fingerprint density at radius 1 is 1.00 bits per heavy atom. The third-order valence-corrected chi connectivity index (χ3v) is 3.67. The topological polar surface area (TPSA) is 67.4 Å². The number of amides is 1. The minimum Gasteiger partial charge on any atom is -0.468 e. The SMILES string of the molecule is COC(=O)C(C)(C)NCC(=O)Nc1ccccc1-c1ccccc1. The molecule has 5 nitrogen and oxygen atoms in total. The van der Waals surface area contributed by atoms with E-state index >= 15 is 0 Å². The molecule has 0 heterocycles. The summed E-state index contributed by atoms with van der Waals surface area (Å²) >= 11 is 0. The fraction of sp³-hybridized carbons (Fsp3) is 0.263. The molecule has 0 aliphatic carbocycles. The zero-order chi connectivity index (χ0) is 17.6. The van der Waals surface area contributed by atoms with E-state index in [4.69, 9.17) is 4.74 Å². The molecule has 0 aliphatic heterocycles. The summed E-state index contributed by atoms with van der Waals surface area (Å²) in [6, 6.07) is 17.4. The van der Waals surface area contributed by atoms with Gasteiger partial charge in [-0.1, -0.05) is 48.5 Å². The van der Waals surface area contributed by atoms with Crippen LogP contribution in [0.15, 0.2) is 54.6 Å². The Balaban J connectivity index is 2.07. The summed E-state index contributed by atoms with van der Waals surface area (Å²) < 4.78 is 4.71. The summed E-state index contributed by atoms with van der Waals surface area (Å²) in [5.41, 5.74) is 1.77. The maximum absolute atomic E-state index is 12.2. The second kappa shape index (κ2) is 7.75. The first kappa shape index (κ1) is 17.7. The highest BCUT2D eigenvalue weighted by atomic mass is 16.5. The second-order valence-electron chi connectivity index (χ2n) is 5.93. The fourth-order valence-corrected chi connectivity index (χ4v) is 2.28. The van der Waals surface area contributed by atoms with Crippen molar-refractivity contribution in [2.24, 2.45) is 0 Å². The predicted octanol–water partition coefficient (Wildman–Crippen LogP) is 2.83. The molecule has 0 bridgehead atoms. The molecule has 0 saturated carbocycles. The highest BCUT2D eigenvalue weighted by Crippen LogP contribution is 2.27. The monoisotopic (exact) mass is 326 g/mol. The number of rotatable bonds is 6. The molecule has 5 heteroatoms. The number of nitrogens with one attached hydrogen (secondary N) is 2. The van der Waals surface area contributed by atoms with Gasteiger partial charge in [-0.3, -0.25) is 14.9 Å². The standard InChI is InChI=1S/C19H22N2O3/c1-19(2,18(23)24-3)20-13-17(22)21-16-12-8-7-11-15(16)14-9-5-4-6-10-14/h4-12,20H,13H2,1-3H3,(H,21,22). The van der Waals surface area contributed by atoms with Crippen LogP contribution in [0.1, 0.15) is 13.8 Å². The molecule has 0 unspecified atom stereocenters. The number of anilines is 1. The number of ether oxygens (including phenoxy) is 1. The Kier molecular flexibility index (Phi) is 5.71. The normalized spacial score (nSPS) is 11.0. The lowest BCUT2D eigenvalue weighted by atomic mass is 10.0. The van der Waals surface area contributed by atoms with Crippen molar-refractivity contribution in [3.63, 3.8) is 0 Å². The average molecular weight is 326 g/mol. The average Bonchev–Trinajstić information content (AvgIpc) is 2.60. The Morgan fingerprint density at radius 2 is 1.62 bits per heavy atom. The molecule has 2 aromatic carbocycles. The van der Waals surface area contributed by atoms with Crippen molar-refractivity contribution in [3.05, 3.63) is 54.6 Å². The molecule has 2 aromatic rings. The Morgan fingerprint density at radius 3 is 2.29 bits per heavy atom. The number of hydrogen-bond donors (Lipinski definition) is 2. The Labute approximate surface area is 142 Å². The molecular weight excluding hydrogens is 304 g/mol. The number of esters is 1. The Bertz CT molecular complexity index is 712. The van der Waals surface area contributed by atoms with E-state index in [0.717, 1.165) is 16.8 Å². The summed E-state index contributed by atoms with van der Waals surface area (Å²) in [6.45, 7) is 3.35. The third-order valence-electron chi connectivity index (χ3n) is 3.67. The van der Waals surface area contributed by atoms with Gasteiger partial charge in [-0.2, -0.15) is 0 Å². The van der Waals surface area contributed by atoms with Crippen molar-refractivity contribution in [3.8, 4) is 11.1 Å². The van der Waals surface area contributed by atoms with Crippen LogP contribution in [0.4, 0.5) is 5.69 Å². The van der Waals surface area contributed by atoms with Crippen LogP contribution in [0.3, 0.4) is 0 Å². The van der Waals surface area contributed by atoms with E-state index in [1.165, 1.54) is 7.11 Å². The molecule has 0 saturated heterocycles. The van der Waals surface area contributed by atoms with Gasteiger partial charge in [0.05, 0.1) is 13.7 Å². The van der Waals surface area contributed by atoms with Gasteiger partial charge in [-0.25, -0.2) is 0 Å². The van der Waals surface area contributed by atoms with Crippen LogP contribution in [0, 0.1) is 0 Å². The van der Waals surface area contributed by atoms with Gasteiger partial charge in [0, 0.05) is 11.3 Å². The van der Waals surface area contributed by atoms with Crippen molar-refractivity contribution in [1.29, 1.82) is 0 Å². The molecule has 0 atom stereocenters. The van der Waals surface area contributed by atoms with E-state index < -0.39 is 11.5 Å². The molecular formula is C19H22N2O3. The van der Waals surface area contributed by atoms with Crippen LogP contribution in [0.2, 0.25) is 0 Å². The van der Waals surface area contributed by atoms with Crippen LogP contribution in [0.5, 0.6) is 0 Å². The largest absolute Gasteiger partial charge is 0.468 e. The minimum absolute atomic E-state index is 0.00518. The first-order valence-electron chi connectivity index (χ1n) is 7.72. The zero-order valence-electron chi connectivity index (χ0n) is 14.1. The maximum atomic E-state index is 12.2. The smallest absolute Gasteiger partial charge is 0.325 e. The van der Waals surface area contributed by atoms with Gasteiger partial charge in [0.2, 0.25) is 5.91 Å². The molecule has 0 aliphatic rings. The molecule has 24 heavy (non-hydrogen) atoms. The second-order valence-corrected chi connectivity index (χ2v) is 5.93. The highest BCUT2D eigenvalue weighted by Gasteiger charge is 2.28. The molecule has 126 valence electrons. The lowest BCUT2D eigenvalue weighted by Gasteiger charge is -2.23. The van der Waals surface area contributed by atoms with Gasteiger partial charge in [0.25, 0.3) is 0 Å². The molecule has 0 radical (unpaired) electrons. The first-order chi connectivity index (χ1) is 11.4. The van der Waals surface area contributed by atoms with Crippen molar-refractivity contribution >= 4 is 17.6 Å². The van der Waals surface area contributed by atoms with Crippen LogP contribution in [-0.2, 0) is 14.3 Å². The molecule has 0 spiro atoms. The van der Waals surface area contributed by atoms with Crippen LogP contribution >= 0.6 is 0 Å². The number of methoxy groups -OCH3 is 1. The zero-order valence-corrected chi connectivity index (χ0v) is 14.1. The number of hydrogen-bond acceptors (Lipinski definition) is 4. The molecule has 2 N–H and O–H groups in total. The van der Waals surface area contributed by atoms with Crippen molar-refractivity contribution in [2.75, 3.05) is 19.0 Å². The van der Waals surface area contributed by atoms with Gasteiger partial charge >= 0.3 is 5.97 Å². The number of carbonyl (C=O) groups is 2. The maximum Gasteiger partial charge on any atom is 0.325 e. The molecule has 1 amide bonds. The fourth-order valence-electron chi connectivity index (χ4n) is 2.28. The van der Waals surface area contributed by atoms with Gasteiger partial charge in [-0.15, -0.1) is 0 Å². The van der Waals surface area contributed by atoms with Crippen molar-refractivity contribution in [1.82, 2.24) is 5.32 Å². The van der Waals surface area contributed by atoms with E-state index in [1.807, 2.05) is 54.6 Å². The highest BCUT2D eigenvalue weighted by molar-refractivity contribution is 5.97. The van der Waals surface area contributed by atoms with E-state index in [-0.39, 0.29) is 12.5 Å². The van der Waals surface area contributed by atoms with Gasteiger partial charge < -0.3 is 10.1 Å². The molecule has 2 rings (SSSR count). The van der Waals surface area contributed by atoms with Gasteiger partial charge in [0.15, 0.2) is 0 Å². The van der Waals surface area contributed by atoms with E-state index in [2.05, 4.69) is 10.6 Å². The summed E-state index contributed by atoms with van der Waals surface area (Å²) in [4.78, 5) is 23.9. The van der Waals surface area contributed by atoms with Gasteiger partial charge in [-0.05, 0) is 25.5 Å². The number of benzene rings is 2. The van der Waals surface area contributed by atoms with Crippen LogP contribution in [-0.4, -0.2) is 31.1 Å². The Hall–Kier alpha value is -2.66. The summed E-state index contributed by atoms with van der Waals surface area (Å²) in [6.07, 6.45) is 0. The summed E-state index contributed by atoms with van der Waals surface area (Å²) in [7, 11) is 1.32. The van der Waals surface area contributed by atoms with E-state index in [9.17, 15) is 9.59 Å². The summed E-state index contributed by atoms with van der Waals surface area (Å²) in [5.74, 6) is -0.643. The quantitative estimate of drug-likeness (QED) is 0.801. The molecule has 0 fully saturated rings. The summed E-state index contributed by atoms with van der Waals surface area (Å²) in [5, 5.41) is 5.79. The van der Waals surface area contributed by atoms with Gasteiger partial charge in [0.1, 0.15) is 5.54 Å². The lowest BCUT2D eigenvalue weighted by molar-refractivity contribution is -0.147. The number of para-hydroxylation sites is 1. The minimum atomic E-state index is -0.926. The predicted molar refractivity (Wildman–Crippen MR) is 94.6 cm³/mol. The van der Waals surface area contributed by atoms with Crippen molar-refractivity contribution < 1.29 is 14.3 Å². The van der Waals surface area contributed by atoms with E-state index in [1.54, 1.807) is 13.8 Å². The van der Waals surface area contributed by atoms with Crippen molar-refractivity contribution in [2.45, 2.75) is 19.4 Å². The van der Waals surface area contributed by atoms with Crippen LogP contribution in [0.25, 0.3) is 11.1 Å². The number of carbonyl (C=O) groups excluding carboxylic acids is 2. The van der Waals surface area contributed by atoms with Crippen LogP contribution < -0.4 is 10.6 Å². The first-order valence-corrected chi connectivity index (χ1v) is 7.72. The molecule has 0 aromatic heterocycles. The lowest BCUT2D eigenvalue weighted by Crippen LogP contribution is -2.50. The third kappa shape index (κ3) is 4.43. The van der Waals surface area contributed by atoms with E-state index in [0.29, 0.717) is 0 Å².